The summed E-state index contributed by atoms with van der Waals surface area (Å²) in [6, 6.07) is 8.60. The summed E-state index contributed by atoms with van der Waals surface area (Å²) in [7, 11) is 0. The Hall–Kier alpha value is -0.600. The average Bonchev–Trinajstić information content (AvgIpc) is 2.27. The van der Waals surface area contributed by atoms with Gasteiger partial charge >= 0.3 is 0 Å². The monoisotopic (exact) mass is 236 g/mol. The largest absolute Gasteiger partial charge is 0.123 e. The van der Waals surface area contributed by atoms with Crippen molar-refractivity contribution >= 4 is 28.4 Å². The van der Waals surface area contributed by atoms with Gasteiger partial charge in [-0.2, -0.15) is 0 Å². The fourth-order valence-electron chi connectivity index (χ4n) is 1.17. The maximum absolute atomic E-state index is 3.99. The summed E-state index contributed by atoms with van der Waals surface area (Å²) >= 11 is 3.43. The smallest absolute Gasteiger partial charge is 0.0375 e. The Morgan fingerprint density at radius 2 is 1.87 bits per heavy atom. The molecular weight excluding hydrogens is 220 g/mol. The molecule has 1 aromatic carbocycles. The molecule has 0 aliphatic heterocycles. The highest BCUT2D eigenvalue weighted by Gasteiger charge is 2.02. The topological polar surface area (TPSA) is 0 Å². The molecule has 0 N–H and O–H groups in total. The molecule has 0 saturated carbocycles. The fourth-order valence-corrected chi connectivity index (χ4v) is 2.39. The van der Waals surface area contributed by atoms with Gasteiger partial charge in [0.15, 0.2) is 0 Å². The van der Waals surface area contributed by atoms with Crippen molar-refractivity contribution in [3.63, 3.8) is 0 Å². The molecule has 0 fully saturated rings. The number of aryl methyl sites for hydroxylation is 1. The van der Waals surface area contributed by atoms with Crippen LogP contribution in [0.3, 0.4) is 0 Å². The zero-order valence-electron chi connectivity index (χ0n) is 9.41. The Morgan fingerprint density at radius 1 is 1.27 bits per heavy atom. The van der Waals surface area contributed by atoms with E-state index in [1.54, 1.807) is 23.5 Å². The van der Waals surface area contributed by atoms with E-state index in [2.05, 4.69) is 57.0 Å². The van der Waals surface area contributed by atoms with Crippen LogP contribution in [0.5, 0.6) is 0 Å². The van der Waals surface area contributed by atoms with E-state index in [1.807, 2.05) is 0 Å². The molecule has 1 rings (SSSR count). The van der Waals surface area contributed by atoms with Gasteiger partial charge in [-0.15, -0.1) is 11.8 Å². The zero-order valence-corrected chi connectivity index (χ0v) is 11.0. The second-order valence-electron chi connectivity index (χ2n) is 3.20. The van der Waals surface area contributed by atoms with Crippen LogP contribution < -0.4 is 0 Å². The third-order valence-electron chi connectivity index (χ3n) is 2.05. The molecular formula is C13H16S2. The third kappa shape index (κ3) is 3.80. The van der Waals surface area contributed by atoms with E-state index in [-0.39, 0.29) is 0 Å². The van der Waals surface area contributed by atoms with Crippen molar-refractivity contribution in [3.8, 4) is 0 Å². The van der Waals surface area contributed by atoms with Crippen LogP contribution in [0.2, 0.25) is 0 Å². The van der Waals surface area contributed by atoms with Crippen LogP contribution >= 0.6 is 23.5 Å². The molecule has 1 aromatic rings. The van der Waals surface area contributed by atoms with Crippen LogP contribution in [-0.4, -0.2) is 6.26 Å². The van der Waals surface area contributed by atoms with Gasteiger partial charge in [0.25, 0.3) is 0 Å². The molecule has 0 heterocycles. The molecule has 0 amide bonds. The van der Waals surface area contributed by atoms with E-state index < -0.39 is 0 Å². The van der Waals surface area contributed by atoms with Crippen LogP contribution in [0.25, 0.3) is 4.91 Å². The predicted octanol–water partition coefficient (Wildman–Crippen LogP) is 4.92. The van der Waals surface area contributed by atoms with Crippen molar-refractivity contribution < 1.29 is 0 Å². The number of benzene rings is 1. The highest BCUT2D eigenvalue weighted by Crippen LogP contribution is 2.37. The Labute approximate surface area is 101 Å². The molecule has 2 heteroatoms. The summed E-state index contributed by atoms with van der Waals surface area (Å²) in [6.07, 6.45) is 4.19. The van der Waals surface area contributed by atoms with Gasteiger partial charge in [0.05, 0.1) is 0 Å². The first-order valence-electron chi connectivity index (χ1n) is 4.81. The molecule has 0 unspecified atom stereocenters. The Kier molecular flexibility index (Phi) is 5.06. The maximum atomic E-state index is 3.99. The van der Waals surface area contributed by atoms with Gasteiger partial charge in [-0.1, -0.05) is 54.2 Å². The third-order valence-corrected chi connectivity index (χ3v) is 4.17. The van der Waals surface area contributed by atoms with E-state index in [4.69, 9.17) is 0 Å². The lowest BCUT2D eigenvalue weighted by atomic mass is 10.1. The molecule has 0 nitrogen and oxygen atoms in total. The second kappa shape index (κ2) is 6.09. The quantitative estimate of drug-likeness (QED) is 0.727. The Bertz CT molecular complexity index is 361. The van der Waals surface area contributed by atoms with Gasteiger partial charge in [-0.25, -0.2) is 0 Å². The van der Waals surface area contributed by atoms with Crippen LogP contribution in [0.15, 0.2) is 41.2 Å². The standard InChI is InChI=1S/C13H16S2/c1-5-13(15-11(3)14-4)12-8-6-10(2)7-9-12/h5-9H,3H2,1-2,4H3. The SMILES string of the molecule is C=C(SC)SC(=CC)c1ccc(C)cc1. The van der Waals surface area contributed by atoms with E-state index in [9.17, 15) is 0 Å². The minimum atomic E-state index is 1.13. The second-order valence-corrected chi connectivity index (χ2v) is 5.49. The Morgan fingerprint density at radius 3 is 2.33 bits per heavy atom. The first-order chi connectivity index (χ1) is 7.17. The highest BCUT2D eigenvalue weighted by molar-refractivity contribution is 8.26. The van der Waals surface area contributed by atoms with Crippen LogP contribution in [-0.2, 0) is 0 Å². The van der Waals surface area contributed by atoms with Crippen molar-refractivity contribution in [2.75, 3.05) is 6.26 Å². The molecule has 0 aliphatic rings. The molecule has 0 bridgehead atoms. The van der Waals surface area contributed by atoms with E-state index in [0.29, 0.717) is 0 Å². The van der Waals surface area contributed by atoms with Gasteiger partial charge in [0.2, 0.25) is 0 Å². The minimum Gasteiger partial charge on any atom is -0.123 e. The van der Waals surface area contributed by atoms with E-state index in [1.165, 1.54) is 16.0 Å². The Balaban J connectivity index is 2.84. The lowest BCUT2D eigenvalue weighted by molar-refractivity contribution is 1.46. The zero-order chi connectivity index (χ0) is 11.3. The molecule has 0 radical (unpaired) electrons. The molecule has 80 valence electrons. The van der Waals surface area contributed by atoms with Crippen LogP contribution in [0.4, 0.5) is 0 Å². The highest BCUT2D eigenvalue weighted by atomic mass is 32.2. The molecule has 0 aromatic heterocycles. The lowest BCUT2D eigenvalue weighted by Crippen LogP contribution is -1.80. The van der Waals surface area contributed by atoms with Gasteiger partial charge in [-0.3, -0.25) is 0 Å². The molecule has 0 spiro atoms. The predicted molar refractivity (Wildman–Crippen MR) is 75.1 cm³/mol. The van der Waals surface area contributed by atoms with Gasteiger partial charge in [0, 0.05) is 9.14 Å². The van der Waals surface area contributed by atoms with Crippen LogP contribution in [0.1, 0.15) is 18.1 Å². The summed E-state index contributed by atoms with van der Waals surface area (Å²) in [5.74, 6) is 0. The van der Waals surface area contributed by atoms with E-state index >= 15 is 0 Å². The van der Waals surface area contributed by atoms with Gasteiger partial charge in [0.1, 0.15) is 0 Å². The number of allylic oxidation sites excluding steroid dienone is 1. The van der Waals surface area contributed by atoms with Gasteiger partial charge in [-0.05, 0) is 25.7 Å². The molecule has 15 heavy (non-hydrogen) atoms. The van der Waals surface area contributed by atoms with Crippen molar-refractivity contribution in [1.82, 2.24) is 0 Å². The summed E-state index contributed by atoms with van der Waals surface area (Å²) in [5, 5.41) is 0. The molecule has 0 atom stereocenters. The maximum Gasteiger partial charge on any atom is 0.0375 e. The summed E-state index contributed by atoms with van der Waals surface area (Å²) in [5.41, 5.74) is 2.56. The molecule has 0 saturated heterocycles. The van der Waals surface area contributed by atoms with Gasteiger partial charge < -0.3 is 0 Å². The average molecular weight is 236 g/mol. The van der Waals surface area contributed by atoms with Crippen LogP contribution in [0, 0.1) is 6.92 Å². The fraction of sp³-hybridized carbons (Fsp3) is 0.231. The number of thioether (sulfide) groups is 2. The van der Waals surface area contributed by atoms with E-state index in [0.717, 1.165) is 4.24 Å². The normalized spacial score (nSPS) is 11.5. The van der Waals surface area contributed by atoms with Crippen molar-refractivity contribution in [3.05, 3.63) is 52.3 Å². The van der Waals surface area contributed by atoms with Crippen molar-refractivity contribution in [2.24, 2.45) is 0 Å². The summed E-state index contributed by atoms with van der Waals surface area (Å²) in [4.78, 5) is 1.27. The number of hydrogen-bond acceptors (Lipinski definition) is 2. The first kappa shape index (κ1) is 12.5. The molecule has 0 aliphatic carbocycles. The number of rotatable bonds is 4. The number of hydrogen-bond donors (Lipinski definition) is 0. The summed E-state index contributed by atoms with van der Waals surface area (Å²) < 4.78 is 1.13. The lowest BCUT2D eigenvalue weighted by Gasteiger charge is -2.07. The van der Waals surface area contributed by atoms with Crippen molar-refractivity contribution in [1.29, 1.82) is 0 Å². The first-order valence-corrected chi connectivity index (χ1v) is 6.85. The summed E-state index contributed by atoms with van der Waals surface area (Å²) in [6.45, 7) is 8.16. The minimum absolute atomic E-state index is 1.13. The van der Waals surface area contributed by atoms with Crippen molar-refractivity contribution in [2.45, 2.75) is 13.8 Å².